The van der Waals surface area contributed by atoms with Gasteiger partial charge in [-0.2, -0.15) is 0 Å². The Morgan fingerprint density at radius 2 is 1.67 bits per heavy atom. The zero-order valence-electron chi connectivity index (χ0n) is 12.6. The fourth-order valence-electron chi connectivity index (χ4n) is 1.43. The van der Waals surface area contributed by atoms with E-state index in [0.717, 1.165) is 19.7 Å². The molecule has 21 heavy (non-hydrogen) atoms. The number of hydrogen-bond donors (Lipinski definition) is 3. The summed E-state index contributed by atoms with van der Waals surface area (Å²) in [5, 5.41) is 18.1. The molecule has 0 aromatic heterocycles. The van der Waals surface area contributed by atoms with Gasteiger partial charge in [0.05, 0.1) is 6.61 Å². The van der Waals surface area contributed by atoms with Crippen LogP contribution in [0.3, 0.4) is 0 Å². The molecule has 0 saturated heterocycles. The van der Waals surface area contributed by atoms with Crippen molar-refractivity contribution in [3.05, 3.63) is 35.4 Å². The Hall–Kier alpha value is -1.92. The average molecular weight is 297 g/mol. The lowest BCUT2D eigenvalue weighted by atomic mass is 10.0. The van der Waals surface area contributed by atoms with Gasteiger partial charge in [-0.1, -0.05) is 38.1 Å². The molecule has 0 aliphatic heterocycles. The van der Waals surface area contributed by atoms with Crippen molar-refractivity contribution in [3.63, 3.8) is 0 Å². The van der Waals surface area contributed by atoms with Crippen LogP contribution in [0.1, 0.15) is 30.9 Å². The first kappa shape index (κ1) is 19.1. The highest BCUT2D eigenvalue weighted by Crippen LogP contribution is 2.14. The second-order valence-electron chi connectivity index (χ2n) is 4.68. The number of nitrogens with one attached hydrogen (secondary N) is 1. The molecule has 1 rings (SSSR count). The number of benzene rings is 1. The molecule has 0 atom stereocenters. The van der Waals surface area contributed by atoms with E-state index in [1.807, 2.05) is 0 Å². The number of methoxy groups -OCH3 is 1. The third-order valence-corrected chi connectivity index (χ3v) is 2.64. The topological polar surface area (TPSA) is 95.9 Å². The van der Waals surface area contributed by atoms with Gasteiger partial charge < -0.3 is 20.3 Å². The van der Waals surface area contributed by atoms with Gasteiger partial charge in [-0.25, -0.2) is 9.59 Å². The van der Waals surface area contributed by atoms with Crippen molar-refractivity contribution in [2.75, 3.05) is 20.3 Å². The molecule has 0 heterocycles. The highest BCUT2D eigenvalue weighted by molar-refractivity contribution is 6.27. The highest BCUT2D eigenvalue weighted by Gasteiger charge is 2.04. The summed E-state index contributed by atoms with van der Waals surface area (Å²) < 4.78 is 4.97. The summed E-state index contributed by atoms with van der Waals surface area (Å²) in [6, 6.07) is 8.79. The van der Waals surface area contributed by atoms with Crippen LogP contribution in [-0.2, 0) is 20.9 Å². The third-order valence-electron chi connectivity index (χ3n) is 2.64. The minimum atomic E-state index is -1.82. The number of ether oxygens (including phenoxy) is 1. The molecule has 0 unspecified atom stereocenters. The Morgan fingerprint density at radius 3 is 2.05 bits per heavy atom. The molecule has 0 amide bonds. The molecule has 0 bridgehead atoms. The van der Waals surface area contributed by atoms with E-state index in [1.54, 1.807) is 7.11 Å². The van der Waals surface area contributed by atoms with Crippen molar-refractivity contribution in [1.82, 2.24) is 5.32 Å². The monoisotopic (exact) mass is 297 g/mol. The van der Waals surface area contributed by atoms with Gasteiger partial charge in [-0.15, -0.1) is 0 Å². The molecule has 0 saturated carbocycles. The van der Waals surface area contributed by atoms with Gasteiger partial charge in [0.15, 0.2) is 0 Å². The van der Waals surface area contributed by atoms with Crippen molar-refractivity contribution in [2.24, 2.45) is 0 Å². The minimum absolute atomic E-state index is 0.612. The summed E-state index contributed by atoms with van der Waals surface area (Å²) in [6.45, 7) is 7.02. The van der Waals surface area contributed by atoms with Gasteiger partial charge in [0.25, 0.3) is 0 Å². The normalized spacial score (nSPS) is 9.90. The van der Waals surface area contributed by atoms with Crippen LogP contribution < -0.4 is 5.32 Å². The SMILES string of the molecule is COCCNCc1ccc(C(C)C)cc1.O=C(O)C(=O)O. The van der Waals surface area contributed by atoms with Crippen LogP contribution in [0.5, 0.6) is 0 Å². The van der Waals surface area contributed by atoms with Crippen molar-refractivity contribution in [2.45, 2.75) is 26.3 Å². The molecular weight excluding hydrogens is 274 g/mol. The second kappa shape index (κ2) is 10.8. The van der Waals surface area contributed by atoms with Crippen LogP contribution in [0.15, 0.2) is 24.3 Å². The van der Waals surface area contributed by atoms with E-state index in [-0.39, 0.29) is 0 Å². The first-order valence-corrected chi connectivity index (χ1v) is 6.63. The fourth-order valence-corrected chi connectivity index (χ4v) is 1.43. The number of carboxylic acid groups (broad SMARTS) is 2. The van der Waals surface area contributed by atoms with Crippen molar-refractivity contribution >= 4 is 11.9 Å². The Bertz CT molecular complexity index is 416. The Labute approximate surface area is 124 Å². The molecule has 118 valence electrons. The van der Waals surface area contributed by atoms with Crippen LogP contribution in [-0.4, -0.2) is 42.4 Å². The zero-order valence-corrected chi connectivity index (χ0v) is 12.6. The van der Waals surface area contributed by atoms with Gasteiger partial charge in [0.1, 0.15) is 0 Å². The first-order chi connectivity index (χ1) is 9.88. The summed E-state index contributed by atoms with van der Waals surface area (Å²) in [5.74, 6) is -3.04. The predicted octanol–water partition coefficient (Wildman–Crippen LogP) is 1.70. The molecule has 6 nitrogen and oxygen atoms in total. The molecule has 1 aromatic carbocycles. The van der Waals surface area contributed by atoms with E-state index >= 15 is 0 Å². The first-order valence-electron chi connectivity index (χ1n) is 6.63. The number of carboxylic acids is 2. The molecule has 0 aliphatic carbocycles. The molecule has 0 aliphatic rings. The van der Waals surface area contributed by atoms with Gasteiger partial charge in [-0.3, -0.25) is 0 Å². The van der Waals surface area contributed by atoms with Gasteiger partial charge in [-0.05, 0) is 17.0 Å². The van der Waals surface area contributed by atoms with E-state index in [4.69, 9.17) is 24.5 Å². The molecule has 1 aromatic rings. The van der Waals surface area contributed by atoms with Crippen molar-refractivity contribution in [1.29, 1.82) is 0 Å². The quantitative estimate of drug-likeness (QED) is 0.546. The Balaban J connectivity index is 0.000000567. The molecule has 0 fully saturated rings. The molecule has 6 heteroatoms. The smallest absolute Gasteiger partial charge is 0.414 e. The summed E-state index contributed by atoms with van der Waals surface area (Å²) >= 11 is 0. The molecule has 3 N–H and O–H groups in total. The predicted molar refractivity (Wildman–Crippen MR) is 79.4 cm³/mol. The maximum atomic E-state index is 9.10. The Morgan fingerprint density at radius 1 is 1.14 bits per heavy atom. The molecule has 0 radical (unpaired) electrons. The fraction of sp³-hybridized carbons (Fsp3) is 0.467. The van der Waals surface area contributed by atoms with E-state index in [0.29, 0.717) is 5.92 Å². The number of carbonyl (C=O) groups is 2. The highest BCUT2D eigenvalue weighted by atomic mass is 16.5. The number of rotatable bonds is 6. The van der Waals surface area contributed by atoms with E-state index in [2.05, 4.69) is 43.4 Å². The van der Waals surface area contributed by atoms with Crippen molar-refractivity contribution in [3.8, 4) is 0 Å². The minimum Gasteiger partial charge on any atom is -0.473 e. The van der Waals surface area contributed by atoms with E-state index in [9.17, 15) is 0 Å². The van der Waals surface area contributed by atoms with Gasteiger partial charge in [0.2, 0.25) is 0 Å². The molecular formula is C15H23NO5. The Kier molecular flexibility index (Phi) is 9.83. The summed E-state index contributed by atoms with van der Waals surface area (Å²) in [6.07, 6.45) is 0. The summed E-state index contributed by atoms with van der Waals surface area (Å²) in [7, 11) is 1.72. The van der Waals surface area contributed by atoms with Crippen LogP contribution in [0.25, 0.3) is 0 Å². The number of hydrogen-bond acceptors (Lipinski definition) is 4. The van der Waals surface area contributed by atoms with E-state index in [1.165, 1.54) is 11.1 Å². The lowest BCUT2D eigenvalue weighted by molar-refractivity contribution is -0.159. The zero-order chi connectivity index (χ0) is 16.3. The summed E-state index contributed by atoms with van der Waals surface area (Å²) in [4.78, 5) is 18.2. The van der Waals surface area contributed by atoms with Gasteiger partial charge in [0, 0.05) is 20.2 Å². The van der Waals surface area contributed by atoms with Crippen molar-refractivity contribution < 1.29 is 24.5 Å². The average Bonchev–Trinajstić information content (AvgIpc) is 2.44. The van der Waals surface area contributed by atoms with Gasteiger partial charge >= 0.3 is 11.9 Å². The van der Waals surface area contributed by atoms with Crippen LogP contribution in [0, 0.1) is 0 Å². The standard InChI is InChI=1S/C13H21NO.C2H2O4/c1-11(2)13-6-4-12(5-7-13)10-14-8-9-15-3;3-1(4)2(5)6/h4-7,11,14H,8-10H2,1-3H3;(H,3,4)(H,5,6). The van der Waals surface area contributed by atoms with Crippen LogP contribution in [0.4, 0.5) is 0 Å². The lowest BCUT2D eigenvalue weighted by Crippen LogP contribution is -2.18. The largest absolute Gasteiger partial charge is 0.473 e. The second-order valence-corrected chi connectivity index (χ2v) is 4.68. The van der Waals surface area contributed by atoms with Crippen LogP contribution in [0.2, 0.25) is 0 Å². The van der Waals surface area contributed by atoms with Crippen LogP contribution >= 0.6 is 0 Å². The summed E-state index contributed by atoms with van der Waals surface area (Å²) in [5.41, 5.74) is 2.73. The maximum Gasteiger partial charge on any atom is 0.414 e. The maximum absolute atomic E-state index is 9.10. The lowest BCUT2D eigenvalue weighted by Gasteiger charge is -2.07. The van der Waals surface area contributed by atoms with E-state index < -0.39 is 11.9 Å². The molecule has 0 spiro atoms. The number of aliphatic carboxylic acids is 2. The third kappa shape index (κ3) is 9.59.